The van der Waals surface area contributed by atoms with E-state index in [1.165, 1.54) is 0 Å². The molecule has 0 aliphatic heterocycles. The van der Waals surface area contributed by atoms with E-state index in [2.05, 4.69) is 0 Å². The van der Waals surface area contributed by atoms with Gasteiger partial charge in [-0.05, 0) is 23.3 Å². The molecule has 0 spiro atoms. The van der Waals surface area contributed by atoms with Crippen LogP contribution in [0.15, 0.2) is 18.2 Å². The van der Waals surface area contributed by atoms with Crippen molar-refractivity contribution in [3.63, 3.8) is 0 Å². The van der Waals surface area contributed by atoms with Crippen molar-refractivity contribution >= 4 is 17.6 Å². The number of carboxylic acids is 1. The molecule has 1 aromatic rings. The standard InChI is InChI=1S/C10H13ClN2O2/c11-7-1-2-8(9(13)5-12)6(3-7)4-10(14)15/h1-3,9H,4-5,12-13H2,(H,14,15)/t9-/m0/s1. The molecule has 0 heterocycles. The van der Waals surface area contributed by atoms with Gasteiger partial charge in [0.1, 0.15) is 0 Å². The van der Waals surface area contributed by atoms with E-state index in [1.807, 2.05) is 0 Å². The van der Waals surface area contributed by atoms with Gasteiger partial charge in [0, 0.05) is 17.6 Å². The zero-order valence-corrected chi connectivity index (χ0v) is 8.87. The first-order valence-corrected chi connectivity index (χ1v) is 4.88. The van der Waals surface area contributed by atoms with Crippen LogP contribution in [0.2, 0.25) is 5.02 Å². The van der Waals surface area contributed by atoms with Crippen LogP contribution in [-0.2, 0) is 11.2 Å². The van der Waals surface area contributed by atoms with Gasteiger partial charge in [-0.25, -0.2) is 0 Å². The van der Waals surface area contributed by atoms with Gasteiger partial charge in [-0.15, -0.1) is 0 Å². The lowest BCUT2D eigenvalue weighted by molar-refractivity contribution is -0.136. The van der Waals surface area contributed by atoms with Crippen molar-refractivity contribution in [2.75, 3.05) is 6.54 Å². The molecule has 0 amide bonds. The minimum absolute atomic E-state index is 0.0937. The van der Waals surface area contributed by atoms with Gasteiger partial charge < -0.3 is 16.6 Å². The predicted octanol–water partition coefficient (Wildman–Crippen LogP) is 0.926. The van der Waals surface area contributed by atoms with Crippen molar-refractivity contribution in [1.29, 1.82) is 0 Å². The van der Waals surface area contributed by atoms with Gasteiger partial charge in [0.25, 0.3) is 0 Å². The Balaban J connectivity index is 3.08. The predicted molar refractivity (Wildman–Crippen MR) is 58.8 cm³/mol. The van der Waals surface area contributed by atoms with E-state index >= 15 is 0 Å². The van der Waals surface area contributed by atoms with Crippen LogP contribution in [0.4, 0.5) is 0 Å². The fraction of sp³-hybridized carbons (Fsp3) is 0.300. The zero-order chi connectivity index (χ0) is 11.4. The summed E-state index contributed by atoms with van der Waals surface area (Å²) >= 11 is 5.78. The molecule has 0 saturated carbocycles. The van der Waals surface area contributed by atoms with Gasteiger partial charge in [0.15, 0.2) is 0 Å². The SMILES string of the molecule is NC[C@H](N)c1ccc(Cl)cc1CC(=O)O. The molecule has 5 N–H and O–H groups in total. The summed E-state index contributed by atoms with van der Waals surface area (Å²) in [6.45, 7) is 0.272. The summed E-state index contributed by atoms with van der Waals surface area (Å²) in [5.74, 6) is -0.914. The summed E-state index contributed by atoms with van der Waals surface area (Å²) in [5, 5.41) is 9.22. The van der Waals surface area contributed by atoms with Crippen LogP contribution in [0.25, 0.3) is 0 Å². The largest absolute Gasteiger partial charge is 0.481 e. The first kappa shape index (κ1) is 12.0. The Morgan fingerprint density at radius 3 is 2.73 bits per heavy atom. The molecule has 0 aromatic heterocycles. The van der Waals surface area contributed by atoms with E-state index < -0.39 is 5.97 Å². The Kier molecular flexibility index (Phi) is 4.08. The molecule has 0 unspecified atom stereocenters. The van der Waals surface area contributed by atoms with Crippen molar-refractivity contribution in [3.05, 3.63) is 34.3 Å². The van der Waals surface area contributed by atoms with Gasteiger partial charge in [-0.1, -0.05) is 17.7 Å². The molecule has 82 valence electrons. The quantitative estimate of drug-likeness (QED) is 0.715. The van der Waals surface area contributed by atoms with Crippen molar-refractivity contribution in [1.82, 2.24) is 0 Å². The van der Waals surface area contributed by atoms with E-state index in [0.717, 1.165) is 5.56 Å². The molecule has 5 heteroatoms. The van der Waals surface area contributed by atoms with Crippen LogP contribution < -0.4 is 11.5 Å². The van der Waals surface area contributed by atoms with Crippen molar-refractivity contribution in [2.45, 2.75) is 12.5 Å². The minimum Gasteiger partial charge on any atom is -0.481 e. The zero-order valence-electron chi connectivity index (χ0n) is 8.11. The second-order valence-corrected chi connectivity index (χ2v) is 3.69. The second kappa shape index (κ2) is 5.11. The van der Waals surface area contributed by atoms with Gasteiger partial charge >= 0.3 is 5.97 Å². The third-order valence-electron chi connectivity index (χ3n) is 2.10. The normalized spacial score (nSPS) is 12.5. The molecule has 0 aliphatic rings. The average molecular weight is 229 g/mol. The minimum atomic E-state index is -0.914. The molecule has 1 atom stereocenters. The van der Waals surface area contributed by atoms with Crippen LogP contribution >= 0.6 is 11.6 Å². The van der Waals surface area contributed by atoms with Crippen molar-refractivity contribution in [3.8, 4) is 0 Å². The molecule has 0 fully saturated rings. The summed E-state index contributed by atoms with van der Waals surface area (Å²) in [4.78, 5) is 10.6. The number of aliphatic carboxylic acids is 1. The Labute approximate surface area is 92.8 Å². The highest BCUT2D eigenvalue weighted by molar-refractivity contribution is 6.30. The third kappa shape index (κ3) is 3.20. The number of hydrogen-bond donors (Lipinski definition) is 3. The first-order chi connectivity index (χ1) is 7.04. The van der Waals surface area contributed by atoms with Crippen LogP contribution in [-0.4, -0.2) is 17.6 Å². The lowest BCUT2D eigenvalue weighted by atomic mass is 9.99. The number of halogens is 1. The van der Waals surface area contributed by atoms with Crippen LogP contribution in [0.5, 0.6) is 0 Å². The molecule has 0 bridgehead atoms. The maximum Gasteiger partial charge on any atom is 0.307 e. The number of nitrogens with two attached hydrogens (primary N) is 2. The van der Waals surface area contributed by atoms with Crippen LogP contribution in [0, 0.1) is 0 Å². The molecule has 4 nitrogen and oxygen atoms in total. The monoisotopic (exact) mass is 228 g/mol. The number of carboxylic acid groups (broad SMARTS) is 1. The highest BCUT2D eigenvalue weighted by atomic mass is 35.5. The molecule has 1 aromatic carbocycles. The Hall–Kier alpha value is -1.10. The van der Waals surface area contributed by atoms with E-state index in [9.17, 15) is 4.79 Å². The van der Waals surface area contributed by atoms with Crippen molar-refractivity contribution < 1.29 is 9.90 Å². The van der Waals surface area contributed by atoms with E-state index in [1.54, 1.807) is 18.2 Å². The van der Waals surface area contributed by atoms with E-state index in [-0.39, 0.29) is 19.0 Å². The molecule has 15 heavy (non-hydrogen) atoms. The van der Waals surface area contributed by atoms with E-state index in [4.69, 9.17) is 28.2 Å². The summed E-state index contributed by atoms with van der Waals surface area (Å²) in [7, 11) is 0. The smallest absolute Gasteiger partial charge is 0.307 e. The summed E-state index contributed by atoms with van der Waals surface area (Å²) in [5.41, 5.74) is 12.6. The summed E-state index contributed by atoms with van der Waals surface area (Å²) in [6, 6.07) is 4.66. The molecular formula is C10H13ClN2O2. The second-order valence-electron chi connectivity index (χ2n) is 3.26. The Bertz CT molecular complexity index is 368. The molecule has 0 aliphatic carbocycles. The topological polar surface area (TPSA) is 89.3 Å². The summed E-state index contributed by atoms with van der Waals surface area (Å²) in [6.07, 6.45) is -0.0937. The van der Waals surface area contributed by atoms with Gasteiger partial charge in [0.05, 0.1) is 6.42 Å². The fourth-order valence-electron chi connectivity index (χ4n) is 1.38. The summed E-state index contributed by atoms with van der Waals surface area (Å²) < 4.78 is 0. The van der Waals surface area contributed by atoms with Gasteiger partial charge in [-0.2, -0.15) is 0 Å². The molecule has 1 rings (SSSR count). The Morgan fingerprint density at radius 1 is 1.53 bits per heavy atom. The number of benzene rings is 1. The lowest BCUT2D eigenvalue weighted by Gasteiger charge is -2.13. The average Bonchev–Trinajstić information content (AvgIpc) is 2.16. The first-order valence-electron chi connectivity index (χ1n) is 4.50. The lowest BCUT2D eigenvalue weighted by Crippen LogP contribution is -2.22. The third-order valence-corrected chi connectivity index (χ3v) is 2.34. The fourth-order valence-corrected chi connectivity index (χ4v) is 1.57. The number of carbonyl (C=O) groups is 1. The maximum atomic E-state index is 10.6. The molecule has 0 radical (unpaired) electrons. The highest BCUT2D eigenvalue weighted by Gasteiger charge is 2.12. The highest BCUT2D eigenvalue weighted by Crippen LogP contribution is 2.20. The molecule has 0 saturated heterocycles. The number of hydrogen-bond acceptors (Lipinski definition) is 3. The van der Waals surface area contributed by atoms with Crippen LogP contribution in [0.3, 0.4) is 0 Å². The maximum absolute atomic E-state index is 10.6. The van der Waals surface area contributed by atoms with Crippen molar-refractivity contribution in [2.24, 2.45) is 11.5 Å². The Morgan fingerprint density at radius 2 is 2.20 bits per heavy atom. The number of rotatable bonds is 4. The molecular weight excluding hydrogens is 216 g/mol. The van der Waals surface area contributed by atoms with E-state index in [0.29, 0.717) is 10.6 Å². The van der Waals surface area contributed by atoms with Gasteiger partial charge in [-0.3, -0.25) is 4.79 Å². The van der Waals surface area contributed by atoms with Crippen LogP contribution in [0.1, 0.15) is 17.2 Å². The van der Waals surface area contributed by atoms with Gasteiger partial charge in [0.2, 0.25) is 0 Å².